The number of nitrogens with one attached hydrogen (secondary N) is 2. The summed E-state index contributed by atoms with van der Waals surface area (Å²) in [7, 11) is 1.53. The number of anilines is 1. The zero-order valence-corrected chi connectivity index (χ0v) is 12.0. The number of thioether (sulfide) groups is 1. The minimum Gasteiger partial charge on any atom is -0.378 e. The van der Waals surface area contributed by atoms with E-state index in [1.165, 1.54) is 31.7 Å². The van der Waals surface area contributed by atoms with Crippen molar-refractivity contribution in [3.05, 3.63) is 33.9 Å². The normalized spacial score (nSPS) is 17.8. The number of nitro groups is 1. The molecule has 6 nitrogen and oxygen atoms in total. The third kappa shape index (κ3) is 3.41. The van der Waals surface area contributed by atoms with Crippen LogP contribution in [0.3, 0.4) is 0 Å². The molecule has 0 saturated carbocycles. The van der Waals surface area contributed by atoms with Crippen molar-refractivity contribution in [1.82, 2.24) is 5.32 Å². The van der Waals surface area contributed by atoms with Gasteiger partial charge in [-0.3, -0.25) is 14.9 Å². The lowest BCUT2D eigenvalue weighted by Gasteiger charge is -2.12. The minimum absolute atomic E-state index is 0.000602. The molecule has 1 saturated heterocycles. The molecule has 1 heterocycles. The Labute approximate surface area is 121 Å². The van der Waals surface area contributed by atoms with Crippen LogP contribution in [-0.4, -0.2) is 35.4 Å². The highest BCUT2D eigenvalue weighted by Gasteiger charge is 2.19. The van der Waals surface area contributed by atoms with Gasteiger partial charge in [0.1, 0.15) is 5.69 Å². The molecule has 1 aromatic rings. The van der Waals surface area contributed by atoms with Crippen LogP contribution in [0.5, 0.6) is 0 Å². The van der Waals surface area contributed by atoms with Crippen molar-refractivity contribution in [3.8, 4) is 0 Å². The predicted octanol–water partition coefficient (Wildman–Crippen LogP) is 2.26. The van der Waals surface area contributed by atoms with E-state index in [-0.39, 0.29) is 11.6 Å². The van der Waals surface area contributed by atoms with Gasteiger partial charge in [0, 0.05) is 30.5 Å². The van der Waals surface area contributed by atoms with Gasteiger partial charge in [0.2, 0.25) is 0 Å². The number of amides is 1. The molecule has 0 aromatic heterocycles. The van der Waals surface area contributed by atoms with Crippen LogP contribution < -0.4 is 10.6 Å². The van der Waals surface area contributed by atoms with E-state index in [1.54, 1.807) is 0 Å². The summed E-state index contributed by atoms with van der Waals surface area (Å²) >= 11 is 1.88. The van der Waals surface area contributed by atoms with E-state index in [2.05, 4.69) is 10.6 Å². The summed E-state index contributed by atoms with van der Waals surface area (Å²) in [5.41, 5.74) is 0.823. The lowest BCUT2D eigenvalue weighted by Crippen LogP contribution is -2.19. The number of carbonyl (C=O) groups excluding carboxylic acids is 1. The van der Waals surface area contributed by atoms with Crippen molar-refractivity contribution >= 4 is 29.0 Å². The van der Waals surface area contributed by atoms with Crippen LogP contribution in [-0.2, 0) is 0 Å². The first kappa shape index (κ1) is 14.6. The Morgan fingerprint density at radius 3 is 2.95 bits per heavy atom. The van der Waals surface area contributed by atoms with Crippen molar-refractivity contribution in [2.24, 2.45) is 0 Å². The Bertz CT molecular complexity index is 516. The van der Waals surface area contributed by atoms with Crippen LogP contribution in [0.25, 0.3) is 0 Å². The molecule has 20 heavy (non-hydrogen) atoms. The molecular weight excluding hydrogens is 278 g/mol. The number of benzene rings is 1. The van der Waals surface area contributed by atoms with Crippen LogP contribution in [0, 0.1) is 10.1 Å². The van der Waals surface area contributed by atoms with Gasteiger partial charge in [0.05, 0.1) is 4.92 Å². The van der Waals surface area contributed by atoms with E-state index in [1.807, 2.05) is 11.8 Å². The zero-order valence-electron chi connectivity index (χ0n) is 11.2. The molecule has 0 radical (unpaired) electrons. The molecule has 1 amide bonds. The second-order valence-electron chi connectivity index (χ2n) is 4.58. The van der Waals surface area contributed by atoms with Gasteiger partial charge < -0.3 is 10.6 Å². The van der Waals surface area contributed by atoms with Crippen molar-refractivity contribution in [2.45, 2.75) is 18.1 Å². The van der Waals surface area contributed by atoms with Crippen molar-refractivity contribution < 1.29 is 9.72 Å². The first-order valence-corrected chi connectivity index (χ1v) is 7.52. The maximum atomic E-state index is 11.6. The third-order valence-electron chi connectivity index (χ3n) is 3.23. The molecule has 1 fully saturated rings. The van der Waals surface area contributed by atoms with E-state index < -0.39 is 4.92 Å². The largest absolute Gasteiger partial charge is 0.378 e. The van der Waals surface area contributed by atoms with E-state index in [0.29, 0.717) is 23.0 Å². The van der Waals surface area contributed by atoms with Crippen LogP contribution in [0.4, 0.5) is 11.4 Å². The fourth-order valence-electron chi connectivity index (χ4n) is 2.15. The lowest BCUT2D eigenvalue weighted by atomic mass is 10.1. The highest BCUT2D eigenvalue weighted by Crippen LogP contribution is 2.29. The van der Waals surface area contributed by atoms with Gasteiger partial charge in [0.15, 0.2) is 0 Å². The predicted molar refractivity (Wildman–Crippen MR) is 80.5 cm³/mol. The molecule has 7 heteroatoms. The summed E-state index contributed by atoms with van der Waals surface area (Å²) in [5, 5.41) is 17.1. The highest BCUT2D eigenvalue weighted by molar-refractivity contribution is 8.00. The number of hydrogen-bond acceptors (Lipinski definition) is 5. The Morgan fingerprint density at radius 1 is 1.55 bits per heavy atom. The fraction of sp³-hybridized carbons (Fsp3) is 0.462. The first-order valence-electron chi connectivity index (χ1n) is 6.48. The zero-order chi connectivity index (χ0) is 14.5. The molecule has 1 aliphatic heterocycles. The molecule has 1 unspecified atom stereocenters. The molecule has 0 bridgehead atoms. The quantitative estimate of drug-likeness (QED) is 0.643. The van der Waals surface area contributed by atoms with E-state index in [9.17, 15) is 14.9 Å². The molecule has 2 N–H and O–H groups in total. The Hall–Kier alpha value is -1.76. The van der Waals surface area contributed by atoms with E-state index in [0.717, 1.165) is 12.2 Å². The van der Waals surface area contributed by atoms with Gasteiger partial charge in [-0.2, -0.15) is 11.8 Å². The smallest absolute Gasteiger partial charge is 0.292 e. The van der Waals surface area contributed by atoms with E-state index in [4.69, 9.17) is 0 Å². The summed E-state index contributed by atoms with van der Waals surface area (Å²) in [6.45, 7) is 0.683. The highest BCUT2D eigenvalue weighted by atomic mass is 32.2. The molecule has 2 rings (SSSR count). The number of rotatable bonds is 5. The maximum absolute atomic E-state index is 11.6. The average molecular weight is 295 g/mol. The van der Waals surface area contributed by atoms with Gasteiger partial charge in [-0.1, -0.05) is 0 Å². The molecule has 0 aliphatic carbocycles. The van der Waals surface area contributed by atoms with Crippen LogP contribution in [0.2, 0.25) is 0 Å². The van der Waals surface area contributed by atoms with Gasteiger partial charge in [-0.15, -0.1) is 0 Å². The third-order valence-corrected chi connectivity index (χ3v) is 4.62. The number of nitrogens with zero attached hydrogens (tertiary/aromatic N) is 1. The summed E-state index contributed by atoms with van der Waals surface area (Å²) in [6.07, 6.45) is 2.32. The SMILES string of the molecule is CNC(=O)c1ccc([N+](=O)[O-])c(NCC2CCCS2)c1. The van der Waals surface area contributed by atoms with Gasteiger partial charge >= 0.3 is 0 Å². The summed E-state index contributed by atoms with van der Waals surface area (Å²) < 4.78 is 0. The monoisotopic (exact) mass is 295 g/mol. The Kier molecular flexibility index (Phi) is 4.84. The van der Waals surface area contributed by atoms with Crippen LogP contribution in [0.15, 0.2) is 18.2 Å². The van der Waals surface area contributed by atoms with Crippen molar-refractivity contribution in [2.75, 3.05) is 24.7 Å². The second kappa shape index (κ2) is 6.60. The summed E-state index contributed by atoms with van der Waals surface area (Å²) in [4.78, 5) is 22.2. The van der Waals surface area contributed by atoms with Crippen LogP contribution >= 0.6 is 11.8 Å². The molecule has 0 spiro atoms. The molecule has 1 atom stereocenters. The van der Waals surface area contributed by atoms with Crippen molar-refractivity contribution in [1.29, 1.82) is 0 Å². The molecule has 1 aliphatic rings. The number of hydrogen-bond donors (Lipinski definition) is 2. The Morgan fingerprint density at radius 2 is 2.35 bits per heavy atom. The van der Waals surface area contributed by atoms with Gasteiger partial charge in [-0.05, 0) is 30.7 Å². The lowest BCUT2D eigenvalue weighted by molar-refractivity contribution is -0.384. The molecular formula is C13H17N3O3S. The summed E-state index contributed by atoms with van der Waals surface area (Å²) in [5.74, 6) is 0.894. The summed E-state index contributed by atoms with van der Waals surface area (Å²) in [6, 6.07) is 4.37. The van der Waals surface area contributed by atoms with Gasteiger partial charge in [-0.25, -0.2) is 0 Å². The molecule has 108 valence electrons. The number of nitro benzene ring substituents is 1. The second-order valence-corrected chi connectivity index (χ2v) is 5.99. The van der Waals surface area contributed by atoms with Gasteiger partial charge in [0.25, 0.3) is 11.6 Å². The maximum Gasteiger partial charge on any atom is 0.292 e. The Balaban J connectivity index is 2.17. The standard InChI is InChI=1S/C13H17N3O3S/c1-14-13(17)9-4-5-12(16(18)19)11(7-9)15-8-10-3-2-6-20-10/h4-5,7,10,15H,2-3,6,8H2,1H3,(H,14,17). The van der Waals surface area contributed by atoms with Crippen LogP contribution in [0.1, 0.15) is 23.2 Å². The fourth-order valence-corrected chi connectivity index (χ4v) is 3.35. The van der Waals surface area contributed by atoms with E-state index >= 15 is 0 Å². The minimum atomic E-state index is -0.433. The first-order chi connectivity index (χ1) is 9.61. The number of carbonyl (C=O) groups is 1. The molecule has 1 aromatic carbocycles. The average Bonchev–Trinajstić information content (AvgIpc) is 2.97. The van der Waals surface area contributed by atoms with Crippen molar-refractivity contribution in [3.63, 3.8) is 0 Å². The topological polar surface area (TPSA) is 84.3 Å².